The molecule has 1 heterocycles. The number of nitrogens with zero attached hydrogens (tertiary/aromatic N) is 2. The van der Waals surface area contributed by atoms with Gasteiger partial charge in [0.25, 0.3) is 0 Å². The minimum atomic E-state index is -0.478. The van der Waals surface area contributed by atoms with Crippen molar-refractivity contribution in [3.05, 3.63) is 0 Å². The molecule has 1 aliphatic rings. The van der Waals surface area contributed by atoms with Crippen molar-refractivity contribution in [2.24, 2.45) is 10.9 Å². The first-order chi connectivity index (χ1) is 10.9. The molecule has 0 radical (unpaired) electrons. The van der Waals surface area contributed by atoms with Gasteiger partial charge in [0.2, 0.25) is 0 Å². The topological polar surface area (TPSA) is 75.2 Å². The van der Waals surface area contributed by atoms with Crippen LogP contribution in [-0.2, 0) is 9.47 Å². The van der Waals surface area contributed by atoms with Crippen LogP contribution in [0.2, 0.25) is 0 Å². The Bertz CT molecular complexity index is 393. The van der Waals surface area contributed by atoms with E-state index in [0.717, 1.165) is 38.6 Å². The largest absolute Gasteiger partial charge is 0.444 e. The predicted molar refractivity (Wildman–Crippen MR) is 91.8 cm³/mol. The van der Waals surface area contributed by atoms with E-state index in [1.807, 2.05) is 20.8 Å². The molecule has 0 aromatic carbocycles. The van der Waals surface area contributed by atoms with Crippen molar-refractivity contribution < 1.29 is 14.3 Å². The van der Waals surface area contributed by atoms with Crippen molar-refractivity contribution in [2.75, 3.05) is 46.4 Å². The Hall–Kier alpha value is -1.50. The Morgan fingerprint density at radius 3 is 2.70 bits per heavy atom. The maximum absolute atomic E-state index is 11.6. The molecule has 1 unspecified atom stereocenters. The molecule has 1 aliphatic heterocycles. The van der Waals surface area contributed by atoms with Crippen molar-refractivity contribution in [1.82, 2.24) is 15.5 Å². The molecule has 1 saturated heterocycles. The van der Waals surface area contributed by atoms with E-state index in [2.05, 4.69) is 27.4 Å². The van der Waals surface area contributed by atoms with E-state index in [4.69, 9.17) is 9.47 Å². The highest BCUT2D eigenvalue weighted by molar-refractivity contribution is 5.80. The zero-order valence-electron chi connectivity index (χ0n) is 15.1. The standard InChI is InChI=1S/C16H32N4O3/c1-6-17-14(20-10-7-13(11-20)12-22-5)18-8-9-19-15(21)23-16(2,3)4/h13H,6-12H2,1-5H3,(H,17,18)(H,19,21). The SMILES string of the molecule is CCNC(=NCCNC(=O)OC(C)(C)C)N1CCC(COC)C1. The lowest BCUT2D eigenvalue weighted by atomic mass is 10.1. The fourth-order valence-electron chi connectivity index (χ4n) is 2.46. The summed E-state index contributed by atoms with van der Waals surface area (Å²) in [6.45, 7) is 12.1. The summed E-state index contributed by atoms with van der Waals surface area (Å²) >= 11 is 0. The van der Waals surface area contributed by atoms with E-state index in [1.54, 1.807) is 7.11 Å². The molecule has 134 valence electrons. The van der Waals surface area contributed by atoms with E-state index >= 15 is 0 Å². The maximum atomic E-state index is 11.6. The van der Waals surface area contributed by atoms with Crippen LogP contribution in [0.3, 0.4) is 0 Å². The summed E-state index contributed by atoms with van der Waals surface area (Å²) in [5.74, 6) is 1.46. The van der Waals surface area contributed by atoms with Gasteiger partial charge in [0.05, 0.1) is 13.2 Å². The number of ether oxygens (including phenoxy) is 2. The van der Waals surface area contributed by atoms with Gasteiger partial charge >= 0.3 is 6.09 Å². The van der Waals surface area contributed by atoms with Crippen LogP contribution < -0.4 is 10.6 Å². The first-order valence-electron chi connectivity index (χ1n) is 8.34. The van der Waals surface area contributed by atoms with Crippen LogP contribution >= 0.6 is 0 Å². The van der Waals surface area contributed by atoms with E-state index in [1.165, 1.54) is 0 Å². The summed E-state index contributed by atoms with van der Waals surface area (Å²) in [4.78, 5) is 18.4. The third kappa shape index (κ3) is 8.06. The number of aliphatic imine (C=N–C) groups is 1. The van der Waals surface area contributed by atoms with Crippen LogP contribution in [-0.4, -0.2) is 69.0 Å². The molecule has 0 spiro atoms. The van der Waals surface area contributed by atoms with Crippen LogP contribution in [0.1, 0.15) is 34.1 Å². The highest BCUT2D eigenvalue weighted by Gasteiger charge is 2.24. The maximum Gasteiger partial charge on any atom is 0.407 e. The monoisotopic (exact) mass is 328 g/mol. The molecule has 1 atom stereocenters. The molecule has 2 N–H and O–H groups in total. The van der Waals surface area contributed by atoms with Gasteiger partial charge in [-0.3, -0.25) is 4.99 Å². The summed E-state index contributed by atoms with van der Waals surface area (Å²) in [6, 6.07) is 0. The molecule has 23 heavy (non-hydrogen) atoms. The van der Waals surface area contributed by atoms with Crippen LogP contribution in [0.4, 0.5) is 4.79 Å². The van der Waals surface area contributed by atoms with Gasteiger partial charge in [-0.25, -0.2) is 4.79 Å². The summed E-state index contributed by atoms with van der Waals surface area (Å²) in [6.07, 6.45) is 0.716. The van der Waals surface area contributed by atoms with Gasteiger partial charge < -0.3 is 25.0 Å². The minimum Gasteiger partial charge on any atom is -0.444 e. The Labute approximate surface area is 139 Å². The second-order valence-electron chi connectivity index (χ2n) is 6.72. The van der Waals surface area contributed by atoms with E-state index < -0.39 is 11.7 Å². The molecule has 1 fully saturated rings. The molecule has 0 bridgehead atoms. The first kappa shape index (κ1) is 19.5. The van der Waals surface area contributed by atoms with Gasteiger partial charge in [-0.15, -0.1) is 0 Å². The zero-order valence-corrected chi connectivity index (χ0v) is 15.1. The molecule has 7 heteroatoms. The number of hydrogen-bond donors (Lipinski definition) is 2. The van der Waals surface area contributed by atoms with E-state index in [-0.39, 0.29) is 0 Å². The molecule has 1 rings (SSSR count). The lowest BCUT2D eigenvalue weighted by Gasteiger charge is -2.22. The highest BCUT2D eigenvalue weighted by Crippen LogP contribution is 2.16. The van der Waals surface area contributed by atoms with Gasteiger partial charge in [-0.1, -0.05) is 0 Å². The van der Waals surface area contributed by atoms with Crippen molar-refractivity contribution in [3.8, 4) is 0 Å². The summed E-state index contributed by atoms with van der Waals surface area (Å²) in [7, 11) is 1.74. The molecule has 0 aromatic rings. The van der Waals surface area contributed by atoms with Crippen LogP contribution in [0, 0.1) is 5.92 Å². The van der Waals surface area contributed by atoms with Gasteiger partial charge in [0.1, 0.15) is 5.60 Å². The number of rotatable bonds is 6. The predicted octanol–water partition coefficient (Wildman–Crippen LogP) is 1.44. The van der Waals surface area contributed by atoms with Gasteiger partial charge in [0.15, 0.2) is 5.96 Å². The summed E-state index contributed by atoms with van der Waals surface area (Å²) in [5.41, 5.74) is -0.478. The molecule has 0 saturated carbocycles. The van der Waals surface area contributed by atoms with Crippen LogP contribution in [0.5, 0.6) is 0 Å². The number of guanidine groups is 1. The number of amides is 1. The fourth-order valence-corrected chi connectivity index (χ4v) is 2.46. The lowest BCUT2D eigenvalue weighted by molar-refractivity contribution is 0.0529. The first-order valence-corrected chi connectivity index (χ1v) is 8.34. The van der Waals surface area contributed by atoms with Crippen molar-refractivity contribution in [2.45, 2.75) is 39.7 Å². The summed E-state index contributed by atoms with van der Waals surface area (Å²) < 4.78 is 10.4. The smallest absolute Gasteiger partial charge is 0.407 e. The zero-order chi connectivity index (χ0) is 17.3. The third-order valence-electron chi connectivity index (χ3n) is 3.36. The molecule has 0 aromatic heterocycles. The lowest BCUT2D eigenvalue weighted by Crippen LogP contribution is -2.41. The average molecular weight is 328 g/mol. The normalized spacial score (nSPS) is 18.9. The van der Waals surface area contributed by atoms with Crippen LogP contribution in [0.15, 0.2) is 4.99 Å². The fraction of sp³-hybridized carbons (Fsp3) is 0.875. The van der Waals surface area contributed by atoms with Crippen molar-refractivity contribution in [3.63, 3.8) is 0 Å². The molecular formula is C16H32N4O3. The third-order valence-corrected chi connectivity index (χ3v) is 3.36. The number of carbonyl (C=O) groups excluding carboxylic acids is 1. The highest BCUT2D eigenvalue weighted by atomic mass is 16.6. The van der Waals surface area contributed by atoms with Crippen molar-refractivity contribution >= 4 is 12.1 Å². The van der Waals surface area contributed by atoms with Gasteiger partial charge in [-0.05, 0) is 34.1 Å². The number of likely N-dealkylation sites (tertiary alicyclic amines) is 1. The summed E-state index contributed by atoms with van der Waals surface area (Å²) in [5, 5.41) is 6.03. The van der Waals surface area contributed by atoms with E-state index in [9.17, 15) is 4.79 Å². The van der Waals surface area contributed by atoms with Crippen molar-refractivity contribution in [1.29, 1.82) is 0 Å². The van der Waals surface area contributed by atoms with Crippen LogP contribution in [0.25, 0.3) is 0 Å². The molecule has 0 aliphatic carbocycles. The second kappa shape index (κ2) is 9.60. The molecular weight excluding hydrogens is 296 g/mol. The van der Waals surface area contributed by atoms with E-state index in [0.29, 0.717) is 19.0 Å². The second-order valence-corrected chi connectivity index (χ2v) is 6.72. The number of methoxy groups -OCH3 is 1. The van der Waals surface area contributed by atoms with Gasteiger partial charge in [-0.2, -0.15) is 0 Å². The molecule has 1 amide bonds. The molecule has 7 nitrogen and oxygen atoms in total. The Morgan fingerprint density at radius 1 is 1.35 bits per heavy atom. The number of nitrogens with one attached hydrogen (secondary N) is 2. The Morgan fingerprint density at radius 2 is 2.09 bits per heavy atom. The van der Waals surface area contributed by atoms with Gasteiger partial charge in [0, 0.05) is 39.2 Å². The Kier molecular flexibility index (Phi) is 8.16. The Balaban J connectivity index is 2.39. The quantitative estimate of drug-likeness (QED) is 0.438. The number of alkyl carbamates (subject to hydrolysis) is 1. The number of hydrogen-bond acceptors (Lipinski definition) is 4. The minimum absolute atomic E-state index is 0.404. The average Bonchev–Trinajstić information content (AvgIpc) is 2.89. The number of carbonyl (C=O) groups is 1.